The molecule has 0 spiro atoms. The quantitative estimate of drug-likeness (QED) is 0.828. The van der Waals surface area contributed by atoms with Crippen molar-refractivity contribution in [2.24, 2.45) is 5.73 Å². The first kappa shape index (κ1) is 12.8. The Balaban J connectivity index is 2.07. The number of amides is 1. The Kier molecular flexibility index (Phi) is 3.81. The summed E-state index contributed by atoms with van der Waals surface area (Å²) in [5.74, 6) is 1.16. The fourth-order valence-electron chi connectivity index (χ4n) is 2.30. The number of nitrogens with two attached hydrogens (primary N) is 1. The summed E-state index contributed by atoms with van der Waals surface area (Å²) in [7, 11) is 0. The highest BCUT2D eigenvalue weighted by molar-refractivity contribution is 5.73. The zero-order chi connectivity index (χ0) is 13.1. The summed E-state index contributed by atoms with van der Waals surface area (Å²) in [6, 6.07) is 2.08. The zero-order valence-corrected chi connectivity index (χ0v) is 11.0. The minimum absolute atomic E-state index is 0.151. The Hall–Kier alpha value is -1.62. The molecule has 18 heavy (non-hydrogen) atoms. The van der Waals surface area contributed by atoms with Gasteiger partial charge in [-0.1, -0.05) is 0 Å². The van der Waals surface area contributed by atoms with Crippen LogP contribution in [0.2, 0.25) is 0 Å². The molecule has 1 amide bonds. The van der Waals surface area contributed by atoms with Crippen LogP contribution in [-0.4, -0.2) is 42.0 Å². The maximum absolute atomic E-state index is 11.3. The van der Waals surface area contributed by atoms with Gasteiger partial charge >= 0.3 is 0 Å². The minimum Gasteiger partial charge on any atom is -0.353 e. The highest BCUT2D eigenvalue weighted by Crippen LogP contribution is 2.19. The summed E-state index contributed by atoms with van der Waals surface area (Å²) < 4.78 is 0. The van der Waals surface area contributed by atoms with E-state index in [1.807, 2.05) is 11.1 Å². The molecule has 1 aromatic rings. The number of pyridine rings is 1. The molecule has 1 aliphatic rings. The van der Waals surface area contributed by atoms with E-state index < -0.39 is 0 Å². The van der Waals surface area contributed by atoms with Gasteiger partial charge in [0.1, 0.15) is 5.82 Å². The van der Waals surface area contributed by atoms with E-state index in [0.717, 1.165) is 43.1 Å². The van der Waals surface area contributed by atoms with Crippen LogP contribution in [0.5, 0.6) is 0 Å². The molecular formula is C13H20N4O. The molecule has 0 atom stereocenters. The molecule has 1 fully saturated rings. The third-order valence-corrected chi connectivity index (χ3v) is 3.37. The van der Waals surface area contributed by atoms with Gasteiger partial charge in [0.15, 0.2) is 0 Å². The number of piperazine rings is 1. The number of aryl methyl sites for hydroxylation is 1. The van der Waals surface area contributed by atoms with E-state index in [9.17, 15) is 4.79 Å². The molecule has 1 saturated heterocycles. The number of aromatic nitrogens is 1. The summed E-state index contributed by atoms with van der Waals surface area (Å²) >= 11 is 0. The second-order valence-corrected chi connectivity index (χ2v) is 4.68. The summed E-state index contributed by atoms with van der Waals surface area (Å²) in [5, 5.41) is 0. The SMILES string of the molecule is CC(=O)N1CCN(c2ncc(CN)cc2C)CC1. The molecule has 98 valence electrons. The molecule has 1 aromatic heterocycles. The predicted octanol–water partition coefficient (Wildman–Crippen LogP) is 0.517. The lowest BCUT2D eigenvalue weighted by molar-refractivity contribution is -0.129. The first-order valence-electron chi connectivity index (χ1n) is 6.28. The molecule has 0 radical (unpaired) electrons. The summed E-state index contributed by atoms with van der Waals surface area (Å²) in [5.41, 5.74) is 7.80. The van der Waals surface area contributed by atoms with Gasteiger partial charge < -0.3 is 15.5 Å². The van der Waals surface area contributed by atoms with Crippen molar-refractivity contribution >= 4 is 11.7 Å². The van der Waals surface area contributed by atoms with Crippen LogP contribution in [0.15, 0.2) is 12.3 Å². The van der Waals surface area contributed by atoms with Gasteiger partial charge in [0.05, 0.1) is 0 Å². The molecule has 0 unspecified atom stereocenters. The van der Waals surface area contributed by atoms with Crippen LogP contribution in [-0.2, 0) is 11.3 Å². The van der Waals surface area contributed by atoms with Crippen LogP contribution in [0.25, 0.3) is 0 Å². The average Bonchev–Trinajstić information content (AvgIpc) is 2.38. The first-order valence-corrected chi connectivity index (χ1v) is 6.28. The van der Waals surface area contributed by atoms with E-state index in [-0.39, 0.29) is 5.91 Å². The Bertz CT molecular complexity index is 439. The lowest BCUT2D eigenvalue weighted by Crippen LogP contribution is -2.48. The number of carbonyl (C=O) groups excluding carboxylic acids is 1. The van der Waals surface area contributed by atoms with Gasteiger partial charge in [-0.15, -0.1) is 0 Å². The average molecular weight is 248 g/mol. The van der Waals surface area contributed by atoms with Gasteiger partial charge in [-0.3, -0.25) is 4.79 Å². The van der Waals surface area contributed by atoms with Crippen molar-refractivity contribution in [1.82, 2.24) is 9.88 Å². The van der Waals surface area contributed by atoms with Crippen LogP contribution in [0, 0.1) is 6.92 Å². The monoisotopic (exact) mass is 248 g/mol. The third kappa shape index (κ3) is 2.61. The topological polar surface area (TPSA) is 62.5 Å². The van der Waals surface area contributed by atoms with Gasteiger partial charge in [-0.25, -0.2) is 4.98 Å². The fraction of sp³-hybridized carbons (Fsp3) is 0.538. The summed E-state index contributed by atoms with van der Waals surface area (Å²) in [6.07, 6.45) is 1.83. The molecule has 5 nitrogen and oxygen atoms in total. The number of nitrogens with zero attached hydrogens (tertiary/aromatic N) is 3. The standard InChI is InChI=1S/C13H20N4O/c1-10-7-12(8-14)9-15-13(10)17-5-3-16(4-6-17)11(2)18/h7,9H,3-6,8,14H2,1-2H3. The third-order valence-electron chi connectivity index (χ3n) is 3.37. The van der Waals surface area contributed by atoms with E-state index in [2.05, 4.69) is 22.9 Å². The smallest absolute Gasteiger partial charge is 0.219 e. The number of anilines is 1. The molecule has 2 heterocycles. The molecule has 0 aliphatic carbocycles. The van der Waals surface area contributed by atoms with Crippen molar-refractivity contribution in [2.45, 2.75) is 20.4 Å². The van der Waals surface area contributed by atoms with Crippen molar-refractivity contribution in [3.8, 4) is 0 Å². The number of hydrogen-bond donors (Lipinski definition) is 1. The second kappa shape index (κ2) is 5.35. The highest BCUT2D eigenvalue weighted by Gasteiger charge is 2.20. The van der Waals surface area contributed by atoms with Gasteiger partial charge in [-0.05, 0) is 24.1 Å². The van der Waals surface area contributed by atoms with Crippen molar-refractivity contribution in [2.75, 3.05) is 31.1 Å². The largest absolute Gasteiger partial charge is 0.353 e. The fourth-order valence-corrected chi connectivity index (χ4v) is 2.30. The molecule has 0 bridgehead atoms. The first-order chi connectivity index (χ1) is 8.61. The number of rotatable bonds is 2. The molecule has 2 N–H and O–H groups in total. The second-order valence-electron chi connectivity index (χ2n) is 4.68. The molecule has 0 aromatic carbocycles. The van der Waals surface area contributed by atoms with Gasteiger partial charge in [0, 0.05) is 45.8 Å². The maximum atomic E-state index is 11.3. The molecule has 5 heteroatoms. The van der Waals surface area contributed by atoms with E-state index in [0.29, 0.717) is 6.54 Å². The Morgan fingerprint density at radius 3 is 2.56 bits per heavy atom. The Morgan fingerprint density at radius 1 is 1.39 bits per heavy atom. The predicted molar refractivity (Wildman–Crippen MR) is 71.3 cm³/mol. The number of carbonyl (C=O) groups is 1. The number of hydrogen-bond acceptors (Lipinski definition) is 4. The maximum Gasteiger partial charge on any atom is 0.219 e. The zero-order valence-electron chi connectivity index (χ0n) is 11.0. The van der Waals surface area contributed by atoms with Crippen molar-refractivity contribution < 1.29 is 4.79 Å². The van der Waals surface area contributed by atoms with Crippen molar-refractivity contribution in [3.63, 3.8) is 0 Å². The summed E-state index contributed by atoms with van der Waals surface area (Å²) in [4.78, 5) is 19.9. The highest BCUT2D eigenvalue weighted by atomic mass is 16.2. The van der Waals surface area contributed by atoms with E-state index in [4.69, 9.17) is 5.73 Å². The molecule has 1 aliphatic heterocycles. The van der Waals surface area contributed by atoms with Gasteiger partial charge in [0.25, 0.3) is 0 Å². The Labute approximate surface area is 108 Å². The van der Waals surface area contributed by atoms with Crippen LogP contribution >= 0.6 is 0 Å². The lowest BCUT2D eigenvalue weighted by atomic mass is 10.2. The van der Waals surface area contributed by atoms with Gasteiger partial charge in [-0.2, -0.15) is 0 Å². The molecule has 0 saturated carbocycles. The van der Waals surface area contributed by atoms with Crippen molar-refractivity contribution in [1.29, 1.82) is 0 Å². The van der Waals surface area contributed by atoms with Crippen LogP contribution in [0.1, 0.15) is 18.1 Å². The molecule has 2 rings (SSSR count). The van der Waals surface area contributed by atoms with Crippen LogP contribution < -0.4 is 10.6 Å². The van der Waals surface area contributed by atoms with Crippen molar-refractivity contribution in [3.05, 3.63) is 23.4 Å². The van der Waals surface area contributed by atoms with Crippen LogP contribution in [0.4, 0.5) is 5.82 Å². The van der Waals surface area contributed by atoms with Gasteiger partial charge in [0.2, 0.25) is 5.91 Å². The minimum atomic E-state index is 0.151. The van der Waals surface area contributed by atoms with E-state index in [1.165, 1.54) is 0 Å². The molecular weight excluding hydrogens is 228 g/mol. The lowest BCUT2D eigenvalue weighted by Gasteiger charge is -2.35. The van der Waals surface area contributed by atoms with Crippen LogP contribution in [0.3, 0.4) is 0 Å². The Morgan fingerprint density at radius 2 is 2.06 bits per heavy atom. The summed E-state index contributed by atoms with van der Waals surface area (Å²) in [6.45, 7) is 7.43. The van der Waals surface area contributed by atoms with E-state index >= 15 is 0 Å². The normalized spacial score (nSPS) is 15.9. The van der Waals surface area contributed by atoms with E-state index in [1.54, 1.807) is 6.92 Å².